The number of carbonyl (C=O) groups excluding carboxylic acids is 4. The first-order valence-electron chi connectivity index (χ1n) is 9.70. The first-order chi connectivity index (χ1) is 15.7. The van der Waals surface area contributed by atoms with E-state index < -0.39 is 24.1 Å². The number of thiazole rings is 1. The molecule has 0 aliphatic heterocycles. The molecule has 1 aromatic carbocycles. The van der Waals surface area contributed by atoms with Gasteiger partial charge in [-0.15, -0.1) is 11.3 Å². The highest BCUT2D eigenvalue weighted by atomic mass is 32.1. The molecule has 2 aromatic heterocycles. The molecule has 0 saturated carbocycles. The van der Waals surface area contributed by atoms with E-state index in [9.17, 15) is 19.2 Å². The minimum atomic E-state index is -0.980. The van der Waals surface area contributed by atoms with Gasteiger partial charge < -0.3 is 11.1 Å². The average Bonchev–Trinajstić information content (AvgIpc) is 3.19. The number of pyridine rings is 1. The van der Waals surface area contributed by atoms with Crippen molar-refractivity contribution in [1.29, 1.82) is 0 Å². The summed E-state index contributed by atoms with van der Waals surface area (Å²) in [4.78, 5) is 57.0. The van der Waals surface area contributed by atoms with Gasteiger partial charge in [0.1, 0.15) is 10.7 Å². The summed E-state index contributed by atoms with van der Waals surface area (Å²) < 4.78 is 0. The Labute approximate surface area is 192 Å². The molecule has 0 atom stereocenters. The highest BCUT2D eigenvalue weighted by Crippen LogP contribution is 2.28. The number of primary amides is 1. The molecule has 3 amide bonds. The van der Waals surface area contributed by atoms with Gasteiger partial charge in [0, 0.05) is 29.2 Å². The van der Waals surface area contributed by atoms with Gasteiger partial charge in [0.05, 0.1) is 17.0 Å². The molecule has 4 N–H and O–H groups in total. The normalized spacial score (nSPS) is 11.0. The maximum absolute atomic E-state index is 13.0. The number of carbonyl (C=O) groups is 4. The zero-order chi connectivity index (χ0) is 24.0. The largest absolute Gasteiger partial charge is 0.350 e. The molecule has 0 unspecified atom stereocenters. The molecule has 0 aliphatic rings. The topological polar surface area (TPSA) is 156 Å². The molecule has 0 spiro atoms. The molecule has 10 nitrogen and oxygen atoms in total. The number of ketones is 2. The number of rotatable bonds is 8. The molecule has 0 fully saturated rings. The number of nitrogens with two attached hydrogens (primary N) is 1. The number of urea groups is 1. The fourth-order valence-electron chi connectivity index (χ4n) is 2.78. The van der Waals surface area contributed by atoms with Crippen LogP contribution >= 0.6 is 11.3 Å². The lowest BCUT2D eigenvalue weighted by Gasteiger charge is -2.08. The molecule has 0 radical (unpaired) electrons. The van der Waals surface area contributed by atoms with Crippen molar-refractivity contribution in [3.05, 3.63) is 64.9 Å². The number of hydrogen-bond donors (Lipinski definition) is 3. The van der Waals surface area contributed by atoms with Crippen molar-refractivity contribution in [3.63, 3.8) is 0 Å². The van der Waals surface area contributed by atoms with Gasteiger partial charge in [0.15, 0.2) is 11.6 Å². The van der Waals surface area contributed by atoms with Gasteiger partial charge in [-0.05, 0) is 50.2 Å². The number of hydrogen-bond acceptors (Lipinski definition) is 8. The average molecular weight is 465 g/mol. The van der Waals surface area contributed by atoms with Crippen molar-refractivity contribution in [3.8, 4) is 10.6 Å². The minimum absolute atomic E-state index is 0.114. The highest BCUT2D eigenvalue weighted by molar-refractivity contribution is 7.17. The van der Waals surface area contributed by atoms with E-state index >= 15 is 0 Å². The Kier molecular flexibility index (Phi) is 7.36. The van der Waals surface area contributed by atoms with Crippen molar-refractivity contribution >= 4 is 46.2 Å². The maximum atomic E-state index is 13.0. The van der Waals surface area contributed by atoms with Crippen LogP contribution in [-0.2, 0) is 4.79 Å². The monoisotopic (exact) mass is 464 g/mol. The number of aromatic nitrogens is 2. The number of nitrogens with zero attached hydrogens (tertiary/aromatic N) is 3. The first kappa shape index (κ1) is 23.4. The summed E-state index contributed by atoms with van der Waals surface area (Å²) in [5, 5.41) is 6.91. The Balaban J connectivity index is 1.80. The summed E-state index contributed by atoms with van der Waals surface area (Å²) in [5.74, 6) is -1.22. The van der Waals surface area contributed by atoms with Crippen molar-refractivity contribution in [2.45, 2.75) is 20.3 Å². The van der Waals surface area contributed by atoms with Gasteiger partial charge in [-0.3, -0.25) is 19.4 Å². The molecule has 168 valence electrons. The zero-order valence-corrected chi connectivity index (χ0v) is 18.6. The zero-order valence-electron chi connectivity index (χ0n) is 17.8. The smallest absolute Gasteiger partial charge is 0.332 e. The van der Waals surface area contributed by atoms with E-state index in [1.165, 1.54) is 18.3 Å². The van der Waals surface area contributed by atoms with E-state index in [0.717, 1.165) is 5.56 Å². The summed E-state index contributed by atoms with van der Waals surface area (Å²) in [6, 6.07) is 8.82. The second kappa shape index (κ2) is 10.4. The second-order valence-electron chi connectivity index (χ2n) is 6.90. The van der Waals surface area contributed by atoms with Crippen LogP contribution in [0.3, 0.4) is 0 Å². The molecule has 3 rings (SSSR count). The molecule has 2 heterocycles. The van der Waals surface area contributed by atoms with Crippen molar-refractivity contribution < 1.29 is 19.2 Å². The van der Waals surface area contributed by atoms with Crippen LogP contribution in [-0.4, -0.2) is 39.2 Å². The number of Topliss-reactive ketones (excluding diaryl/α,β-unsaturated/α-hetero) is 2. The molecular formula is C22H20N6O4S. The standard InChI is InChI=1S/C22H20N6O4S/c1-12-19(33-21(25-12)15-4-3-9-24-11-15)18(30)10-17(27-28-22(23)32)20(31)26-16-7-5-14(6-8-16)13(2)29/h3-9,11H,10H2,1-2H3,(H,26,31)(H3,23,28,32)/b27-17+. The fourth-order valence-corrected chi connectivity index (χ4v) is 3.78. The van der Waals surface area contributed by atoms with Gasteiger partial charge in [-0.25, -0.2) is 15.2 Å². The third-order valence-electron chi connectivity index (χ3n) is 4.40. The lowest BCUT2D eigenvalue weighted by atomic mass is 10.1. The van der Waals surface area contributed by atoms with E-state index in [0.29, 0.717) is 26.8 Å². The number of aryl methyl sites for hydroxylation is 1. The Bertz CT molecular complexity index is 1240. The van der Waals surface area contributed by atoms with E-state index in [2.05, 4.69) is 20.4 Å². The van der Waals surface area contributed by atoms with Gasteiger partial charge >= 0.3 is 6.03 Å². The van der Waals surface area contributed by atoms with E-state index in [-0.39, 0.29) is 11.5 Å². The third kappa shape index (κ3) is 6.14. The third-order valence-corrected chi connectivity index (χ3v) is 5.65. The van der Waals surface area contributed by atoms with Crippen LogP contribution in [0.4, 0.5) is 10.5 Å². The second-order valence-corrected chi connectivity index (χ2v) is 7.90. The number of anilines is 1. The first-order valence-corrected chi connectivity index (χ1v) is 10.5. The van der Waals surface area contributed by atoms with Crippen LogP contribution in [0.5, 0.6) is 0 Å². The van der Waals surface area contributed by atoms with E-state index in [1.807, 2.05) is 11.5 Å². The molecule has 0 aliphatic carbocycles. The van der Waals surface area contributed by atoms with Crippen LogP contribution in [0.1, 0.15) is 39.1 Å². The maximum Gasteiger partial charge on any atom is 0.332 e. The Morgan fingerprint density at radius 2 is 1.85 bits per heavy atom. The van der Waals surface area contributed by atoms with E-state index in [1.54, 1.807) is 49.6 Å². The predicted molar refractivity (Wildman–Crippen MR) is 124 cm³/mol. The lowest BCUT2D eigenvalue weighted by molar-refractivity contribution is -0.110. The number of benzene rings is 1. The molecule has 3 aromatic rings. The molecule has 0 saturated heterocycles. The predicted octanol–water partition coefficient (Wildman–Crippen LogP) is 2.95. The number of nitrogens with one attached hydrogen (secondary N) is 2. The summed E-state index contributed by atoms with van der Waals surface area (Å²) in [7, 11) is 0. The van der Waals surface area contributed by atoms with Crippen LogP contribution in [0.2, 0.25) is 0 Å². The van der Waals surface area contributed by atoms with Crippen LogP contribution in [0.15, 0.2) is 53.9 Å². The van der Waals surface area contributed by atoms with Crippen LogP contribution < -0.4 is 16.5 Å². The fraction of sp³-hybridized carbons (Fsp3) is 0.136. The van der Waals surface area contributed by atoms with Crippen molar-refractivity contribution in [2.75, 3.05) is 5.32 Å². The van der Waals surface area contributed by atoms with Gasteiger partial charge in [-0.2, -0.15) is 5.10 Å². The quantitative estimate of drug-likeness (QED) is 0.264. The van der Waals surface area contributed by atoms with Gasteiger partial charge in [0.25, 0.3) is 5.91 Å². The van der Waals surface area contributed by atoms with Crippen molar-refractivity contribution in [2.24, 2.45) is 10.8 Å². The Morgan fingerprint density at radius 1 is 1.12 bits per heavy atom. The Morgan fingerprint density at radius 3 is 2.45 bits per heavy atom. The summed E-state index contributed by atoms with van der Waals surface area (Å²) >= 11 is 1.18. The van der Waals surface area contributed by atoms with Crippen LogP contribution in [0.25, 0.3) is 10.6 Å². The highest BCUT2D eigenvalue weighted by Gasteiger charge is 2.22. The van der Waals surface area contributed by atoms with Gasteiger partial charge in [0.2, 0.25) is 0 Å². The number of hydrazone groups is 1. The Hall–Kier alpha value is -4.25. The molecule has 0 bridgehead atoms. The van der Waals surface area contributed by atoms with E-state index in [4.69, 9.17) is 5.73 Å². The summed E-state index contributed by atoms with van der Waals surface area (Å²) in [6.45, 7) is 3.12. The summed E-state index contributed by atoms with van der Waals surface area (Å²) in [6.07, 6.45) is 2.88. The molecular weight excluding hydrogens is 444 g/mol. The minimum Gasteiger partial charge on any atom is -0.350 e. The van der Waals surface area contributed by atoms with Gasteiger partial charge in [-0.1, -0.05) is 0 Å². The molecule has 33 heavy (non-hydrogen) atoms. The SMILES string of the molecule is CC(=O)c1ccc(NC(=O)/C(CC(=O)c2sc(-c3cccnc3)nc2C)=N/NC(N)=O)cc1. The van der Waals surface area contributed by atoms with Crippen molar-refractivity contribution in [1.82, 2.24) is 15.4 Å². The number of amides is 3. The lowest BCUT2D eigenvalue weighted by Crippen LogP contribution is -2.31. The van der Waals surface area contributed by atoms with Crippen LogP contribution in [0, 0.1) is 6.92 Å². The summed E-state index contributed by atoms with van der Waals surface area (Å²) in [5.41, 5.74) is 8.94. The molecule has 11 heteroatoms.